The zero-order chi connectivity index (χ0) is 11.6. The Morgan fingerprint density at radius 1 is 1.47 bits per heavy atom. The van der Waals surface area contributed by atoms with Gasteiger partial charge in [0.1, 0.15) is 5.70 Å². The van der Waals surface area contributed by atoms with Crippen LogP contribution in [0.5, 0.6) is 0 Å². The summed E-state index contributed by atoms with van der Waals surface area (Å²) in [6, 6.07) is 0.111. The van der Waals surface area contributed by atoms with Crippen molar-refractivity contribution in [1.29, 1.82) is 0 Å². The number of piperazine rings is 1. The molecular formula is C11H18N2O2. The quantitative estimate of drug-likeness (QED) is 0.623. The van der Waals surface area contributed by atoms with E-state index in [0.29, 0.717) is 12.2 Å². The normalized spacial score (nSPS) is 24.7. The number of hydrogen-bond donors (Lipinski definition) is 2. The Hall–Kier alpha value is -1.32. The predicted molar refractivity (Wildman–Crippen MR) is 58.2 cm³/mol. The van der Waals surface area contributed by atoms with Gasteiger partial charge in [-0.05, 0) is 6.92 Å². The van der Waals surface area contributed by atoms with Crippen LogP contribution in [0.25, 0.3) is 0 Å². The van der Waals surface area contributed by atoms with E-state index < -0.39 is 5.41 Å². The Morgan fingerprint density at radius 2 is 2.07 bits per heavy atom. The topological polar surface area (TPSA) is 58.2 Å². The molecule has 1 heterocycles. The lowest BCUT2D eigenvalue weighted by molar-refractivity contribution is -0.123. The largest absolute Gasteiger partial charge is 0.378 e. The van der Waals surface area contributed by atoms with Gasteiger partial charge in [-0.2, -0.15) is 0 Å². The average molecular weight is 210 g/mol. The van der Waals surface area contributed by atoms with Crippen molar-refractivity contribution in [3.8, 4) is 0 Å². The zero-order valence-corrected chi connectivity index (χ0v) is 9.68. The highest BCUT2D eigenvalue weighted by Crippen LogP contribution is 2.16. The van der Waals surface area contributed by atoms with Gasteiger partial charge in [0.05, 0.1) is 0 Å². The van der Waals surface area contributed by atoms with Gasteiger partial charge in [0, 0.05) is 24.1 Å². The first-order valence-electron chi connectivity index (χ1n) is 5.11. The van der Waals surface area contributed by atoms with Gasteiger partial charge in [0.2, 0.25) is 0 Å². The van der Waals surface area contributed by atoms with Crippen molar-refractivity contribution >= 4 is 11.7 Å². The van der Waals surface area contributed by atoms with Crippen molar-refractivity contribution in [2.45, 2.75) is 33.7 Å². The maximum Gasteiger partial charge on any atom is 0.267 e. The molecule has 1 rings (SSSR count). The fourth-order valence-electron chi connectivity index (χ4n) is 1.16. The van der Waals surface area contributed by atoms with E-state index >= 15 is 0 Å². The Morgan fingerprint density at radius 3 is 2.53 bits per heavy atom. The van der Waals surface area contributed by atoms with Gasteiger partial charge in [-0.3, -0.25) is 9.59 Å². The summed E-state index contributed by atoms with van der Waals surface area (Å²) in [7, 11) is 0. The standard InChI is InChI=1S/C11H18N2O2/c1-7-6-12-8(10(15)13-7)5-9(14)11(2,3)4/h5,7,12H,6H2,1-4H3,(H,13,15)/b8-5+. The summed E-state index contributed by atoms with van der Waals surface area (Å²) in [4.78, 5) is 23.1. The molecule has 0 aromatic carbocycles. The van der Waals surface area contributed by atoms with Crippen molar-refractivity contribution in [3.05, 3.63) is 11.8 Å². The fourth-order valence-corrected chi connectivity index (χ4v) is 1.16. The smallest absolute Gasteiger partial charge is 0.267 e. The first-order valence-corrected chi connectivity index (χ1v) is 5.11. The molecule has 1 amide bonds. The number of hydrogen-bond acceptors (Lipinski definition) is 3. The second kappa shape index (κ2) is 4.04. The van der Waals surface area contributed by atoms with Gasteiger partial charge in [-0.15, -0.1) is 0 Å². The van der Waals surface area contributed by atoms with Crippen molar-refractivity contribution < 1.29 is 9.59 Å². The molecule has 1 aliphatic rings. The monoisotopic (exact) mass is 210 g/mol. The third kappa shape index (κ3) is 3.08. The second-order valence-corrected chi connectivity index (χ2v) is 4.93. The lowest BCUT2D eigenvalue weighted by atomic mass is 9.90. The molecule has 4 heteroatoms. The number of allylic oxidation sites excluding steroid dienone is 1. The first kappa shape index (κ1) is 11.8. The first-order chi connectivity index (χ1) is 6.80. The third-order valence-electron chi connectivity index (χ3n) is 2.24. The van der Waals surface area contributed by atoms with E-state index in [0.717, 1.165) is 0 Å². The van der Waals surface area contributed by atoms with E-state index in [-0.39, 0.29) is 17.7 Å². The SMILES string of the molecule is CC1CN/C(=C/C(=O)C(C)(C)C)C(=O)N1. The average Bonchev–Trinajstić information content (AvgIpc) is 2.08. The van der Waals surface area contributed by atoms with Crippen molar-refractivity contribution in [2.24, 2.45) is 5.41 Å². The molecule has 0 bridgehead atoms. The zero-order valence-electron chi connectivity index (χ0n) is 9.68. The summed E-state index contributed by atoms with van der Waals surface area (Å²) in [6.07, 6.45) is 1.39. The molecule has 1 fully saturated rings. The predicted octanol–water partition coefficient (Wildman–Crippen LogP) is 0.593. The van der Waals surface area contributed by atoms with Gasteiger partial charge in [-0.1, -0.05) is 20.8 Å². The summed E-state index contributed by atoms with van der Waals surface area (Å²) in [5.74, 6) is -0.249. The second-order valence-electron chi connectivity index (χ2n) is 4.93. The molecule has 0 aromatic heterocycles. The minimum atomic E-state index is -0.446. The van der Waals surface area contributed by atoms with Crippen LogP contribution in [0.2, 0.25) is 0 Å². The van der Waals surface area contributed by atoms with Gasteiger partial charge in [-0.25, -0.2) is 0 Å². The number of rotatable bonds is 1. The van der Waals surface area contributed by atoms with Crippen molar-refractivity contribution in [2.75, 3.05) is 6.54 Å². The number of amides is 1. The van der Waals surface area contributed by atoms with Crippen LogP contribution in [0.3, 0.4) is 0 Å². The molecule has 1 saturated heterocycles. The third-order valence-corrected chi connectivity index (χ3v) is 2.24. The summed E-state index contributed by atoms with van der Waals surface area (Å²) >= 11 is 0. The molecule has 0 aromatic rings. The highest BCUT2D eigenvalue weighted by molar-refractivity contribution is 6.03. The molecule has 1 aliphatic heterocycles. The number of nitrogens with one attached hydrogen (secondary N) is 2. The van der Waals surface area contributed by atoms with Crippen LogP contribution >= 0.6 is 0 Å². The van der Waals surface area contributed by atoms with Gasteiger partial charge in [0.15, 0.2) is 5.78 Å². The summed E-state index contributed by atoms with van der Waals surface area (Å²) in [5.41, 5.74) is -0.0779. The van der Waals surface area contributed by atoms with Gasteiger partial charge >= 0.3 is 0 Å². The molecule has 84 valence electrons. The van der Waals surface area contributed by atoms with Crippen LogP contribution in [0, 0.1) is 5.41 Å². The van der Waals surface area contributed by atoms with Crippen LogP contribution in [0.4, 0.5) is 0 Å². The maximum atomic E-state index is 11.7. The van der Waals surface area contributed by atoms with Gasteiger partial charge < -0.3 is 10.6 Å². The van der Waals surface area contributed by atoms with E-state index in [2.05, 4.69) is 10.6 Å². The Labute approximate surface area is 90.1 Å². The number of ketones is 1. The number of carbonyl (C=O) groups is 2. The molecule has 2 N–H and O–H groups in total. The van der Waals surface area contributed by atoms with E-state index in [1.165, 1.54) is 6.08 Å². The Balaban J connectivity index is 2.76. The molecule has 4 nitrogen and oxygen atoms in total. The lowest BCUT2D eigenvalue weighted by Gasteiger charge is -2.24. The van der Waals surface area contributed by atoms with Gasteiger partial charge in [0.25, 0.3) is 5.91 Å². The molecule has 0 radical (unpaired) electrons. The fraction of sp³-hybridized carbons (Fsp3) is 0.636. The van der Waals surface area contributed by atoms with Crippen LogP contribution in [0.15, 0.2) is 11.8 Å². The van der Waals surface area contributed by atoms with Crippen LogP contribution < -0.4 is 10.6 Å². The van der Waals surface area contributed by atoms with E-state index in [9.17, 15) is 9.59 Å². The molecule has 1 unspecified atom stereocenters. The molecule has 0 saturated carbocycles. The van der Waals surface area contributed by atoms with Crippen LogP contribution in [0.1, 0.15) is 27.7 Å². The minimum absolute atomic E-state index is 0.0466. The minimum Gasteiger partial charge on any atom is -0.378 e. The highest BCUT2D eigenvalue weighted by atomic mass is 16.2. The maximum absolute atomic E-state index is 11.7. The van der Waals surface area contributed by atoms with Crippen molar-refractivity contribution in [3.63, 3.8) is 0 Å². The van der Waals surface area contributed by atoms with Crippen molar-refractivity contribution in [1.82, 2.24) is 10.6 Å². The molecule has 0 aliphatic carbocycles. The van der Waals surface area contributed by atoms with E-state index in [4.69, 9.17) is 0 Å². The lowest BCUT2D eigenvalue weighted by Crippen LogP contribution is -2.49. The molecule has 0 spiro atoms. The molecule has 15 heavy (non-hydrogen) atoms. The number of carbonyl (C=O) groups excluding carboxylic acids is 2. The highest BCUT2D eigenvalue weighted by Gasteiger charge is 2.24. The summed E-state index contributed by atoms with van der Waals surface area (Å²) < 4.78 is 0. The van der Waals surface area contributed by atoms with E-state index in [1.807, 2.05) is 27.7 Å². The summed E-state index contributed by atoms with van der Waals surface area (Å²) in [6.45, 7) is 8.06. The molecular weight excluding hydrogens is 192 g/mol. The Kier molecular flexibility index (Phi) is 3.17. The van der Waals surface area contributed by atoms with Crippen LogP contribution in [-0.4, -0.2) is 24.3 Å². The van der Waals surface area contributed by atoms with Crippen LogP contribution in [-0.2, 0) is 9.59 Å². The Bertz CT molecular complexity index is 313. The molecule has 1 atom stereocenters. The summed E-state index contributed by atoms with van der Waals surface area (Å²) in [5, 5.41) is 5.71. The van der Waals surface area contributed by atoms with E-state index in [1.54, 1.807) is 0 Å².